The molecule has 0 atom stereocenters. The number of aryl methyl sites for hydroxylation is 1. The van der Waals surface area contributed by atoms with Crippen molar-refractivity contribution in [2.24, 2.45) is 0 Å². The van der Waals surface area contributed by atoms with Gasteiger partial charge in [0.05, 0.1) is 12.0 Å². The lowest BCUT2D eigenvalue weighted by Crippen LogP contribution is -2.30. The van der Waals surface area contributed by atoms with Crippen molar-refractivity contribution < 1.29 is 17.9 Å². The minimum absolute atomic E-state index is 0.0919. The number of nitrogens with zero attached hydrogens (tertiary/aromatic N) is 1. The number of Topliss-reactive ketones (excluding diaryl/α,β-unsaturated/α-hetero) is 1. The van der Waals surface area contributed by atoms with Crippen LogP contribution in [0.2, 0.25) is 0 Å². The van der Waals surface area contributed by atoms with Gasteiger partial charge in [0.15, 0.2) is 5.78 Å². The van der Waals surface area contributed by atoms with Crippen LogP contribution in [0.5, 0.6) is 5.75 Å². The molecule has 1 aliphatic heterocycles. The van der Waals surface area contributed by atoms with E-state index in [9.17, 15) is 13.2 Å². The predicted octanol–water partition coefficient (Wildman–Crippen LogP) is 4.00. The average Bonchev–Trinajstić information content (AvgIpc) is 3.16. The number of carbonyl (C=O) groups is 1. The Morgan fingerprint density at radius 3 is 2.10 bits per heavy atom. The lowest BCUT2D eigenvalue weighted by Gasteiger charge is -2.17. The first kappa shape index (κ1) is 21.0. The molecular formula is C23H25NO4S. The predicted molar refractivity (Wildman–Crippen MR) is 114 cm³/mol. The van der Waals surface area contributed by atoms with Gasteiger partial charge < -0.3 is 4.74 Å². The maximum atomic E-state index is 13.1. The quantitative estimate of drug-likeness (QED) is 0.721. The van der Waals surface area contributed by atoms with Gasteiger partial charge in [-0.1, -0.05) is 35.9 Å². The van der Waals surface area contributed by atoms with E-state index in [4.69, 9.17) is 4.74 Å². The molecule has 2 aromatic rings. The van der Waals surface area contributed by atoms with Gasteiger partial charge in [-0.2, -0.15) is 4.31 Å². The zero-order chi connectivity index (χ0) is 21.2. The molecule has 0 radical (unpaired) electrons. The second-order valence-corrected chi connectivity index (χ2v) is 9.14. The molecule has 0 N–H and O–H groups in total. The first-order chi connectivity index (χ1) is 13.7. The molecule has 0 spiro atoms. The third kappa shape index (κ3) is 4.49. The van der Waals surface area contributed by atoms with Crippen molar-refractivity contribution >= 4 is 21.9 Å². The summed E-state index contributed by atoms with van der Waals surface area (Å²) in [7, 11) is -2.06. The summed E-state index contributed by atoms with van der Waals surface area (Å²) < 4.78 is 32.7. The Labute approximate surface area is 172 Å². The van der Waals surface area contributed by atoms with Gasteiger partial charge in [-0.3, -0.25) is 4.79 Å². The molecule has 0 bridgehead atoms. The van der Waals surface area contributed by atoms with Crippen LogP contribution < -0.4 is 4.74 Å². The third-order valence-corrected chi connectivity index (χ3v) is 6.90. The molecule has 152 valence electrons. The van der Waals surface area contributed by atoms with Gasteiger partial charge in [-0.15, -0.1) is 0 Å². The van der Waals surface area contributed by atoms with E-state index in [1.807, 2.05) is 44.2 Å². The number of ether oxygens (including phenoxy) is 1. The fourth-order valence-corrected chi connectivity index (χ4v) is 4.73. The van der Waals surface area contributed by atoms with Crippen molar-refractivity contribution in [3.63, 3.8) is 0 Å². The molecule has 29 heavy (non-hydrogen) atoms. The van der Waals surface area contributed by atoms with E-state index in [-0.39, 0.29) is 23.8 Å². The highest BCUT2D eigenvalue weighted by Crippen LogP contribution is 2.30. The SMILES string of the molecule is COc1ccc(/C=C(/C)C2=C(C(C)=O)CN(S(=O)(=O)c3ccc(C)cc3)C2)cc1. The number of sulfonamides is 1. The highest BCUT2D eigenvalue weighted by Gasteiger charge is 2.34. The number of benzene rings is 2. The van der Waals surface area contributed by atoms with E-state index in [0.717, 1.165) is 28.0 Å². The number of methoxy groups -OCH3 is 1. The van der Waals surface area contributed by atoms with Gasteiger partial charge in [0.1, 0.15) is 5.75 Å². The zero-order valence-electron chi connectivity index (χ0n) is 17.1. The molecular weight excluding hydrogens is 386 g/mol. The van der Waals surface area contributed by atoms with Crippen molar-refractivity contribution in [3.05, 3.63) is 76.4 Å². The first-order valence-corrected chi connectivity index (χ1v) is 10.8. The summed E-state index contributed by atoms with van der Waals surface area (Å²) in [5.41, 5.74) is 4.14. The van der Waals surface area contributed by atoms with Crippen LogP contribution in [0, 0.1) is 6.92 Å². The number of hydrogen-bond acceptors (Lipinski definition) is 4. The van der Waals surface area contributed by atoms with E-state index in [0.29, 0.717) is 5.57 Å². The summed E-state index contributed by atoms with van der Waals surface area (Å²) in [6.45, 7) is 5.58. The smallest absolute Gasteiger partial charge is 0.243 e. The molecule has 3 rings (SSSR count). The van der Waals surface area contributed by atoms with Crippen LogP contribution in [0.15, 0.2) is 70.1 Å². The normalized spacial score (nSPS) is 15.7. The van der Waals surface area contributed by atoms with Crippen molar-refractivity contribution in [2.45, 2.75) is 25.7 Å². The van der Waals surface area contributed by atoms with Crippen LogP contribution in [0.3, 0.4) is 0 Å². The summed E-state index contributed by atoms with van der Waals surface area (Å²) >= 11 is 0. The summed E-state index contributed by atoms with van der Waals surface area (Å²) in [6.07, 6.45) is 1.96. The van der Waals surface area contributed by atoms with Crippen LogP contribution in [-0.2, 0) is 14.8 Å². The van der Waals surface area contributed by atoms with Crippen LogP contribution in [-0.4, -0.2) is 38.7 Å². The molecule has 0 fully saturated rings. The highest BCUT2D eigenvalue weighted by molar-refractivity contribution is 7.89. The minimum Gasteiger partial charge on any atom is -0.497 e. The molecule has 2 aromatic carbocycles. The topological polar surface area (TPSA) is 63.7 Å². The molecule has 1 aliphatic rings. The van der Waals surface area contributed by atoms with E-state index in [1.54, 1.807) is 31.4 Å². The fraction of sp³-hybridized carbons (Fsp3) is 0.261. The Morgan fingerprint density at radius 2 is 1.55 bits per heavy atom. The second-order valence-electron chi connectivity index (χ2n) is 7.20. The lowest BCUT2D eigenvalue weighted by molar-refractivity contribution is -0.113. The summed E-state index contributed by atoms with van der Waals surface area (Å²) in [5, 5.41) is 0. The fourth-order valence-electron chi connectivity index (χ4n) is 3.35. The molecule has 0 aromatic heterocycles. The molecule has 1 heterocycles. The lowest BCUT2D eigenvalue weighted by atomic mass is 9.99. The van der Waals surface area contributed by atoms with Gasteiger partial charge in [-0.05, 0) is 61.7 Å². The number of rotatable bonds is 6. The van der Waals surface area contributed by atoms with Gasteiger partial charge in [0.25, 0.3) is 0 Å². The summed E-state index contributed by atoms with van der Waals surface area (Å²) in [6, 6.07) is 14.3. The van der Waals surface area contributed by atoms with E-state index in [2.05, 4.69) is 0 Å². The second kappa shape index (κ2) is 8.35. The number of ketones is 1. The molecule has 6 heteroatoms. The van der Waals surface area contributed by atoms with Gasteiger partial charge >= 0.3 is 0 Å². The van der Waals surface area contributed by atoms with Gasteiger partial charge in [0.2, 0.25) is 10.0 Å². The van der Waals surface area contributed by atoms with Crippen molar-refractivity contribution in [2.75, 3.05) is 20.2 Å². The summed E-state index contributed by atoms with van der Waals surface area (Å²) in [5.74, 6) is 0.656. The van der Waals surface area contributed by atoms with E-state index in [1.165, 1.54) is 11.2 Å². The minimum atomic E-state index is -3.67. The van der Waals surface area contributed by atoms with Crippen molar-refractivity contribution in [1.29, 1.82) is 0 Å². The van der Waals surface area contributed by atoms with E-state index < -0.39 is 10.0 Å². The Bertz CT molecular complexity index is 1080. The van der Waals surface area contributed by atoms with Crippen LogP contribution >= 0.6 is 0 Å². The maximum absolute atomic E-state index is 13.1. The molecule has 0 saturated heterocycles. The largest absolute Gasteiger partial charge is 0.497 e. The Hall–Kier alpha value is -2.70. The number of hydrogen-bond donors (Lipinski definition) is 0. The van der Waals surface area contributed by atoms with Crippen molar-refractivity contribution in [3.8, 4) is 5.75 Å². The molecule has 0 saturated carbocycles. The van der Waals surface area contributed by atoms with Crippen LogP contribution in [0.4, 0.5) is 0 Å². The Kier molecular flexibility index (Phi) is 6.05. The highest BCUT2D eigenvalue weighted by atomic mass is 32.2. The first-order valence-electron chi connectivity index (χ1n) is 9.35. The summed E-state index contributed by atoms with van der Waals surface area (Å²) in [4.78, 5) is 12.5. The third-order valence-electron chi connectivity index (χ3n) is 5.09. The van der Waals surface area contributed by atoms with Gasteiger partial charge in [0, 0.05) is 18.7 Å². The number of carbonyl (C=O) groups excluding carboxylic acids is 1. The van der Waals surface area contributed by atoms with Crippen molar-refractivity contribution in [1.82, 2.24) is 4.31 Å². The molecule has 0 unspecified atom stereocenters. The Morgan fingerprint density at radius 1 is 0.966 bits per heavy atom. The monoisotopic (exact) mass is 411 g/mol. The maximum Gasteiger partial charge on any atom is 0.243 e. The Balaban J connectivity index is 1.91. The standard InChI is InChI=1S/C23H25NO4S/c1-16-5-11-21(12-6-16)29(26,27)24-14-22(23(15-24)18(3)25)17(2)13-19-7-9-20(28-4)10-8-19/h5-13H,14-15H2,1-4H3/b17-13-. The van der Waals surface area contributed by atoms with Crippen LogP contribution in [0.25, 0.3) is 6.08 Å². The molecule has 0 amide bonds. The average molecular weight is 412 g/mol. The van der Waals surface area contributed by atoms with Gasteiger partial charge in [-0.25, -0.2) is 8.42 Å². The zero-order valence-corrected chi connectivity index (χ0v) is 17.9. The molecule has 0 aliphatic carbocycles. The molecule has 5 nitrogen and oxygen atoms in total. The van der Waals surface area contributed by atoms with Crippen LogP contribution in [0.1, 0.15) is 25.0 Å². The van der Waals surface area contributed by atoms with E-state index >= 15 is 0 Å².